The van der Waals surface area contributed by atoms with E-state index in [1.54, 1.807) is 7.05 Å². The molecule has 24 heavy (non-hydrogen) atoms. The topological polar surface area (TPSA) is 60.1 Å². The largest absolute Gasteiger partial charge is 0.345 e. The van der Waals surface area contributed by atoms with E-state index in [4.69, 9.17) is 0 Å². The number of carbonyl (C=O) groups excluding carboxylic acids is 1. The van der Waals surface area contributed by atoms with Gasteiger partial charge < -0.3 is 4.90 Å². The van der Waals surface area contributed by atoms with E-state index in [0.29, 0.717) is 5.92 Å². The molecule has 0 spiro atoms. The zero-order valence-corrected chi connectivity index (χ0v) is 14.5. The molecular formula is C18H24N4O2. The number of carbonyl (C=O) groups is 1. The van der Waals surface area contributed by atoms with Gasteiger partial charge in [0.15, 0.2) is 0 Å². The number of aromatic nitrogens is 3. The summed E-state index contributed by atoms with van der Waals surface area (Å²) < 4.78 is 2.60. The fourth-order valence-electron chi connectivity index (χ4n) is 3.40. The first-order chi connectivity index (χ1) is 11.5. The Morgan fingerprint density at radius 2 is 1.96 bits per heavy atom. The van der Waals surface area contributed by atoms with Crippen molar-refractivity contribution in [1.29, 1.82) is 0 Å². The summed E-state index contributed by atoms with van der Waals surface area (Å²) in [6.07, 6.45) is 3.36. The molecule has 0 N–H and O–H groups in total. The second-order valence-electron chi connectivity index (χ2n) is 6.70. The Morgan fingerprint density at radius 3 is 2.58 bits per heavy atom. The highest BCUT2D eigenvalue weighted by atomic mass is 16.2. The number of nitrogens with zero attached hydrogens (tertiary/aromatic N) is 4. The van der Waals surface area contributed by atoms with Gasteiger partial charge in [-0.3, -0.25) is 9.36 Å². The monoisotopic (exact) mass is 328 g/mol. The SMILES string of the molecule is Cc1ccc(C)c(C2CCN(C(=O)Cn3ncn(C)c3=O)CC2)c1. The van der Waals surface area contributed by atoms with Crippen molar-refractivity contribution in [2.45, 2.75) is 39.2 Å². The molecule has 128 valence electrons. The maximum Gasteiger partial charge on any atom is 0.345 e. The maximum atomic E-state index is 12.4. The lowest BCUT2D eigenvalue weighted by atomic mass is 9.86. The molecule has 2 heterocycles. The van der Waals surface area contributed by atoms with Crippen molar-refractivity contribution in [3.8, 4) is 0 Å². The summed E-state index contributed by atoms with van der Waals surface area (Å²) in [5.41, 5.74) is 3.76. The van der Waals surface area contributed by atoms with Gasteiger partial charge in [0, 0.05) is 20.1 Å². The molecule has 2 aromatic rings. The molecule has 6 nitrogen and oxygen atoms in total. The Kier molecular flexibility index (Phi) is 4.55. The van der Waals surface area contributed by atoms with Crippen LogP contribution in [-0.4, -0.2) is 38.2 Å². The Bertz CT molecular complexity index is 798. The van der Waals surface area contributed by atoms with E-state index >= 15 is 0 Å². The molecule has 1 aliphatic rings. The lowest BCUT2D eigenvalue weighted by Gasteiger charge is -2.33. The van der Waals surface area contributed by atoms with Gasteiger partial charge >= 0.3 is 5.69 Å². The first-order valence-electron chi connectivity index (χ1n) is 8.39. The molecular weight excluding hydrogens is 304 g/mol. The lowest BCUT2D eigenvalue weighted by Crippen LogP contribution is -2.41. The summed E-state index contributed by atoms with van der Waals surface area (Å²) in [6.45, 7) is 5.76. The standard InChI is InChI=1S/C18H24N4O2/c1-13-4-5-14(2)16(10-13)15-6-8-21(9-7-15)17(23)11-22-18(24)20(3)12-19-22/h4-5,10,12,15H,6-9,11H2,1-3H3. The first-order valence-corrected chi connectivity index (χ1v) is 8.39. The molecule has 0 unspecified atom stereocenters. The second-order valence-corrected chi connectivity index (χ2v) is 6.70. The van der Waals surface area contributed by atoms with Crippen LogP contribution < -0.4 is 5.69 Å². The van der Waals surface area contributed by atoms with Crippen molar-refractivity contribution in [3.05, 3.63) is 51.7 Å². The molecule has 1 aromatic heterocycles. The fraction of sp³-hybridized carbons (Fsp3) is 0.500. The molecule has 1 amide bonds. The third-order valence-electron chi connectivity index (χ3n) is 4.89. The predicted octanol–water partition coefficient (Wildman–Crippen LogP) is 1.60. The number of hydrogen-bond acceptors (Lipinski definition) is 3. The van der Waals surface area contributed by atoms with Crippen LogP contribution in [0.1, 0.15) is 35.4 Å². The molecule has 0 radical (unpaired) electrons. The van der Waals surface area contributed by atoms with Crippen LogP contribution in [0.15, 0.2) is 29.3 Å². The van der Waals surface area contributed by atoms with E-state index < -0.39 is 0 Å². The zero-order valence-electron chi connectivity index (χ0n) is 14.5. The van der Waals surface area contributed by atoms with Gasteiger partial charge in [0.25, 0.3) is 0 Å². The molecule has 3 rings (SSSR count). The minimum atomic E-state index is -0.256. The number of amides is 1. The molecule has 0 atom stereocenters. The zero-order chi connectivity index (χ0) is 17.3. The summed E-state index contributed by atoms with van der Waals surface area (Å²) in [5, 5.41) is 3.95. The number of piperidine rings is 1. The van der Waals surface area contributed by atoms with E-state index in [-0.39, 0.29) is 18.1 Å². The Balaban J connectivity index is 1.62. The Labute approximate surface area is 141 Å². The first kappa shape index (κ1) is 16.5. The van der Waals surface area contributed by atoms with Crippen molar-refractivity contribution >= 4 is 5.91 Å². The highest BCUT2D eigenvalue weighted by Gasteiger charge is 2.25. The van der Waals surface area contributed by atoms with Crippen LogP contribution in [0.5, 0.6) is 0 Å². The van der Waals surface area contributed by atoms with E-state index in [2.05, 4.69) is 37.1 Å². The average Bonchev–Trinajstić information content (AvgIpc) is 2.89. The van der Waals surface area contributed by atoms with E-state index in [1.807, 2.05) is 4.90 Å². The van der Waals surface area contributed by atoms with Gasteiger partial charge in [-0.15, -0.1) is 0 Å². The van der Waals surface area contributed by atoms with Crippen LogP contribution in [0, 0.1) is 13.8 Å². The van der Waals surface area contributed by atoms with Gasteiger partial charge in [-0.25, -0.2) is 9.48 Å². The van der Waals surface area contributed by atoms with Crippen LogP contribution in [0.2, 0.25) is 0 Å². The van der Waals surface area contributed by atoms with Gasteiger partial charge in [0.05, 0.1) is 0 Å². The lowest BCUT2D eigenvalue weighted by molar-refractivity contribution is -0.133. The summed E-state index contributed by atoms with van der Waals surface area (Å²) in [6, 6.07) is 6.59. The van der Waals surface area contributed by atoms with Crippen molar-refractivity contribution < 1.29 is 4.79 Å². The molecule has 6 heteroatoms. The fourth-order valence-corrected chi connectivity index (χ4v) is 3.40. The molecule has 1 fully saturated rings. The minimum Gasteiger partial charge on any atom is -0.341 e. The smallest absolute Gasteiger partial charge is 0.341 e. The quantitative estimate of drug-likeness (QED) is 0.860. The normalized spacial score (nSPS) is 15.7. The second kappa shape index (κ2) is 6.63. The van der Waals surface area contributed by atoms with Crippen molar-refractivity contribution in [2.75, 3.05) is 13.1 Å². The van der Waals surface area contributed by atoms with Crippen LogP contribution >= 0.6 is 0 Å². The van der Waals surface area contributed by atoms with Gasteiger partial charge in [-0.05, 0) is 43.7 Å². The number of likely N-dealkylation sites (tertiary alicyclic amines) is 1. The third-order valence-corrected chi connectivity index (χ3v) is 4.89. The minimum absolute atomic E-state index is 0.0216. The number of rotatable bonds is 3. The van der Waals surface area contributed by atoms with Gasteiger partial charge in [-0.1, -0.05) is 23.8 Å². The van der Waals surface area contributed by atoms with Crippen molar-refractivity contribution in [1.82, 2.24) is 19.2 Å². The summed E-state index contributed by atoms with van der Waals surface area (Å²) >= 11 is 0. The summed E-state index contributed by atoms with van der Waals surface area (Å²) in [5.74, 6) is 0.474. The van der Waals surface area contributed by atoms with Crippen LogP contribution in [0.4, 0.5) is 0 Å². The molecule has 1 aromatic carbocycles. The number of benzene rings is 1. The van der Waals surface area contributed by atoms with Gasteiger partial charge in [0.2, 0.25) is 5.91 Å². The maximum absolute atomic E-state index is 12.4. The molecule has 0 aliphatic carbocycles. The highest BCUT2D eigenvalue weighted by molar-refractivity contribution is 5.76. The molecule has 0 bridgehead atoms. The van der Waals surface area contributed by atoms with Crippen LogP contribution in [0.3, 0.4) is 0 Å². The third kappa shape index (κ3) is 3.27. The summed E-state index contributed by atoms with van der Waals surface area (Å²) in [7, 11) is 1.63. The average molecular weight is 328 g/mol. The molecule has 0 saturated carbocycles. The van der Waals surface area contributed by atoms with Gasteiger partial charge in [0.1, 0.15) is 12.9 Å². The molecule has 1 saturated heterocycles. The Hall–Kier alpha value is -2.37. The Morgan fingerprint density at radius 1 is 1.25 bits per heavy atom. The predicted molar refractivity (Wildman–Crippen MR) is 91.9 cm³/mol. The number of aryl methyl sites for hydroxylation is 3. The molecule has 1 aliphatic heterocycles. The van der Waals surface area contributed by atoms with E-state index in [1.165, 1.54) is 32.3 Å². The van der Waals surface area contributed by atoms with Crippen molar-refractivity contribution in [2.24, 2.45) is 7.05 Å². The van der Waals surface area contributed by atoms with Crippen LogP contribution in [-0.2, 0) is 18.4 Å². The summed E-state index contributed by atoms with van der Waals surface area (Å²) in [4.78, 5) is 26.0. The van der Waals surface area contributed by atoms with Gasteiger partial charge in [-0.2, -0.15) is 5.10 Å². The highest BCUT2D eigenvalue weighted by Crippen LogP contribution is 2.30. The van der Waals surface area contributed by atoms with Crippen LogP contribution in [0.25, 0.3) is 0 Å². The van der Waals surface area contributed by atoms with E-state index in [9.17, 15) is 9.59 Å². The number of hydrogen-bond donors (Lipinski definition) is 0. The van der Waals surface area contributed by atoms with E-state index in [0.717, 1.165) is 25.9 Å². The van der Waals surface area contributed by atoms with Crippen molar-refractivity contribution in [3.63, 3.8) is 0 Å².